The summed E-state index contributed by atoms with van der Waals surface area (Å²) in [6.07, 6.45) is 5.14. The van der Waals surface area contributed by atoms with Gasteiger partial charge in [-0.1, -0.05) is 11.1 Å². The van der Waals surface area contributed by atoms with E-state index < -0.39 is 17.5 Å². The van der Waals surface area contributed by atoms with Crippen LogP contribution in [0.2, 0.25) is 0 Å². The summed E-state index contributed by atoms with van der Waals surface area (Å²) >= 11 is 0. The maximum absolute atomic E-state index is 13.2. The molecule has 2 rings (SSSR count). The quantitative estimate of drug-likeness (QED) is 0.800. The van der Waals surface area contributed by atoms with E-state index in [4.69, 9.17) is 16.3 Å². The molecule has 6 nitrogen and oxygen atoms in total. The van der Waals surface area contributed by atoms with Gasteiger partial charge in [0.2, 0.25) is 5.69 Å². The molecule has 2 N–H and O–H groups in total. The molecule has 90 valence electrons. The number of nitrogens with zero attached hydrogens (tertiary/aromatic N) is 2. The van der Waals surface area contributed by atoms with Crippen LogP contribution >= 0.6 is 0 Å². The Morgan fingerprint density at radius 2 is 2.28 bits per heavy atom. The second-order valence-corrected chi connectivity index (χ2v) is 3.22. The van der Waals surface area contributed by atoms with Crippen LogP contribution in [0.25, 0.3) is 0 Å². The Labute approximate surface area is 100 Å². The summed E-state index contributed by atoms with van der Waals surface area (Å²) in [7, 11) is 0. The van der Waals surface area contributed by atoms with E-state index >= 15 is 0 Å². The number of ether oxygens (including phenoxy) is 1. The summed E-state index contributed by atoms with van der Waals surface area (Å²) in [6.45, 7) is 0. The van der Waals surface area contributed by atoms with Gasteiger partial charge in [0.25, 0.3) is 5.88 Å². The maximum atomic E-state index is 13.2. The fourth-order valence-corrected chi connectivity index (χ4v) is 1.25. The summed E-state index contributed by atoms with van der Waals surface area (Å²) in [4.78, 5) is 10.8. The molecule has 1 aromatic heterocycles. The van der Waals surface area contributed by atoms with Crippen molar-refractivity contribution >= 4 is 5.97 Å². The summed E-state index contributed by atoms with van der Waals surface area (Å²) in [5.74, 6) is 0.196. The predicted molar refractivity (Wildman–Crippen MR) is 57.8 cm³/mol. The number of carboxylic acids is 1. The molecule has 0 saturated carbocycles. The van der Waals surface area contributed by atoms with Crippen molar-refractivity contribution in [2.45, 2.75) is 0 Å². The third kappa shape index (κ3) is 2.27. The highest BCUT2D eigenvalue weighted by Crippen LogP contribution is 2.23. The molecule has 0 radical (unpaired) electrons. The molecule has 18 heavy (non-hydrogen) atoms. The van der Waals surface area contributed by atoms with Gasteiger partial charge in [-0.05, 0) is 12.1 Å². The Kier molecular flexibility index (Phi) is 2.93. The Morgan fingerprint density at radius 1 is 1.50 bits per heavy atom. The van der Waals surface area contributed by atoms with Gasteiger partial charge in [-0.15, -0.1) is 11.5 Å². The number of carbonyl (C=O) groups is 1. The van der Waals surface area contributed by atoms with Crippen molar-refractivity contribution in [2.75, 3.05) is 0 Å². The summed E-state index contributed by atoms with van der Waals surface area (Å²) in [5.41, 5.74) is -0.129. The van der Waals surface area contributed by atoms with E-state index in [1.165, 1.54) is 6.07 Å². The zero-order valence-electron chi connectivity index (χ0n) is 8.85. The zero-order valence-corrected chi connectivity index (χ0v) is 8.85. The number of benzene rings is 1. The number of hydrogen-bond donors (Lipinski definition) is 2. The molecule has 0 atom stereocenters. The number of aromatic nitrogens is 3. The van der Waals surface area contributed by atoms with Gasteiger partial charge < -0.3 is 9.84 Å². The zero-order chi connectivity index (χ0) is 13.1. The van der Waals surface area contributed by atoms with Crippen LogP contribution in [-0.2, 0) is 0 Å². The molecule has 0 unspecified atom stereocenters. The average molecular weight is 247 g/mol. The van der Waals surface area contributed by atoms with Gasteiger partial charge in [-0.2, -0.15) is 0 Å². The molecule has 2 aromatic rings. The van der Waals surface area contributed by atoms with Crippen LogP contribution in [0.4, 0.5) is 4.39 Å². The molecule has 7 heteroatoms. The molecule has 0 bridgehead atoms. The van der Waals surface area contributed by atoms with Crippen molar-refractivity contribution in [3.05, 3.63) is 35.3 Å². The van der Waals surface area contributed by atoms with Gasteiger partial charge in [0, 0.05) is 11.6 Å². The fraction of sp³-hybridized carbons (Fsp3) is 0. The van der Waals surface area contributed by atoms with E-state index in [1.807, 2.05) is 0 Å². The van der Waals surface area contributed by atoms with Crippen LogP contribution in [0.5, 0.6) is 11.6 Å². The second kappa shape index (κ2) is 4.55. The van der Waals surface area contributed by atoms with Crippen LogP contribution in [0, 0.1) is 18.2 Å². The molecule has 0 amide bonds. The van der Waals surface area contributed by atoms with E-state index in [2.05, 4.69) is 21.3 Å². The normalized spacial score (nSPS) is 9.78. The Morgan fingerprint density at radius 3 is 2.94 bits per heavy atom. The minimum atomic E-state index is -1.31. The van der Waals surface area contributed by atoms with Gasteiger partial charge in [-0.25, -0.2) is 14.3 Å². The van der Waals surface area contributed by atoms with Crippen LogP contribution in [-0.4, -0.2) is 26.5 Å². The first-order valence-electron chi connectivity index (χ1n) is 4.69. The minimum Gasteiger partial charge on any atom is -0.476 e. The molecule has 0 saturated heterocycles. The largest absolute Gasteiger partial charge is 0.476 e. The lowest BCUT2D eigenvalue weighted by Gasteiger charge is -2.04. The fourth-order valence-electron chi connectivity index (χ4n) is 1.25. The number of aromatic amines is 1. The number of hydrogen-bond acceptors (Lipinski definition) is 4. The first-order valence-corrected chi connectivity index (χ1v) is 4.69. The van der Waals surface area contributed by atoms with E-state index in [-0.39, 0.29) is 17.2 Å². The monoisotopic (exact) mass is 247 g/mol. The smallest absolute Gasteiger partial charge is 0.362 e. The number of aromatic carboxylic acids is 1. The molecule has 0 spiro atoms. The summed E-state index contributed by atoms with van der Waals surface area (Å²) in [5, 5.41) is 17.6. The van der Waals surface area contributed by atoms with Gasteiger partial charge in [0.15, 0.2) is 0 Å². The standard InChI is InChI=1S/C11H6FN3O3/c1-2-6-3-7(12)5-8(4-6)18-10-9(11(16)17)13-15-14-10/h1,3-5H,(H,16,17)(H,13,14,15). The summed E-state index contributed by atoms with van der Waals surface area (Å²) in [6, 6.07) is 3.60. The Bertz CT molecular complexity index is 645. The third-order valence-corrected chi connectivity index (χ3v) is 1.98. The minimum absolute atomic E-state index is 0.0523. The number of H-pyrrole nitrogens is 1. The number of rotatable bonds is 3. The van der Waals surface area contributed by atoms with Crippen LogP contribution in [0.1, 0.15) is 16.1 Å². The molecule has 1 aromatic carbocycles. The van der Waals surface area contributed by atoms with Crippen LogP contribution < -0.4 is 4.74 Å². The van der Waals surface area contributed by atoms with Gasteiger partial charge in [0.1, 0.15) is 11.6 Å². The lowest BCUT2D eigenvalue weighted by Crippen LogP contribution is -2.00. The number of carboxylic acid groups (broad SMARTS) is 1. The highest BCUT2D eigenvalue weighted by atomic mass is 19.1. The predicted octanol–water partition coefficient (Wildman–Crippen LogP) is 1.42. The molecule has 1 heterocycles. The third-order valence-electron chi connectivity index (χ3n) is 1.98. The van der Waals surface area contributed by atoms with E-state index in [0.717, 1.165) is 12.1 Å². The first-order chi connectivity index (χ1) is 8.60. The van der Waals surface area contributed by atoms with Crippen molar-refractivity contribution < 1.29 is 19.0 Å². The highest BCUT2D eigenvalue weighted by Gasteiger charge is 2.17. The van der Waals surface area contributed by atoms with Crippen molar-refractivity contribution in [2.24, 2.45) is 0 Å². The van der Waals surface area contributed by atoms with E-state index in [1.54, 1.807) is 0 Å². The van der Waals surface area contributed by atoms with Crippen LogP contribution in [0.15, 0.2) is 18.2 Å². The van der Waals surface area contributed by atoms with Crippen molar-refractivity contribution in [1.29, 1.82) is 0 Å². The average Bonchev–Trinajstić information content (AvgIpc) is 2.76. The lowest BCUT2D eigenvalue weighted by molar-refractivity contribution is 0.0687. The maximum Gasteiger partial charge on any atom is 0.362 e. The van der Waals surface area contributed by atoms with Gasteiger partial charge in [0.05, 0.1) is 0 Å². The molecule has 0 aliphatic heterocycles. The first kappa shape index (κ1) is 11.6. The van der Waals surface area contributed by atoms with E-state index in [0.29, 0.717) is 0 Å². The Balaban J connectivity index is 2.34. The van der Waals surface area contributed by atoms with Crippen molar-refractivity contribution in [3.63, 3.8) is 0 Å². The molecule has 0 fully saturated rings. The number of halogens is 1. The second-order valence-electron chi connectivity index (χ2n) is 3.22. The van der Waals surface area contributed by atoms with E-state index in [9.17, 15) is 9.18 Å². The molecule has 0 aliphatic rings. The summed E-state index contributed by atoms with van der Waals surface area (Å²) < 4.78 is 18.3. The highest BCUT2D eigenvalue weighted by molar-refractivity contribution is 5.87. The van der Waals surface area contributed by atoms with Crippen molar-refractivity contribution in [3.8, 4) is 24.0 Å². The number of terminal acetylenes is 1. The molecule has 0 aliphatic carbocycles. The Hall–Kier alpha value is -2.88. The van der Waals surface area contributed by atoms with Gasteiger partial charge in [-0.3, -0.25) is 0 Å². The SMILES string of the molecule is C#Cc1cc(F)cc(Oc2[nH]nnc2C(=O)O)c1. The number of nitrogens with one attached hydrogen (secondary N) is 1. The van der Waals surface area contributed by atoms with Crippen molar-refractivity contribution in [1.82, 2.24) is 15.4 Å². The van der Waals surface area contributed by atoms with Crippen LogP contribution in [0.3, 0.4) is 0 Å². The molecular formula is C11H6FN3O3. The lowest BCUT2D eigenvalue weighted by atomic mass is 10.2. The molecular weight excluding hydrogens is 241 g/mol. The van der Waals surface area contributed by atoms with Gasteiger partial charge >= 0.3 is 5.97 Å². The topological polar surface area (TPSA) is 88.1 Å².